The molecule has 2 heterocycles. The number of carboxylic acids is 1. The van der Waals surface area contributed by atoms with Crippen LogP contribution in [0.5, 0.6) is 0 Å². The second-order valence-corrected chi connectivity index (χ2v) is 4.63. The maximum atomic E-state index is 13.5. The van der Waals surface area contributed by atoms with Gasteiger partial charge in [0.05, 0.1) is 16.6 Å². The van der Waals surface area contributed by atoms with Gasteiger partial charge in [-0.3, -0.25) is 0 Å². The van der Waals surface area contributed by atoms with Crippen LogP contribution in [0.1, 0.15) is 10.4 Å². The normalized spacial score (nSPS) is 11.1. The highest BCUT2D eigenvalue weighted by Crippen LogP contribution is 2.26. The molecular weight excluding hydrogens is 319 g/mol. The van der Waals surface area contributed by atoms with Crippen LogP contribution < -0.4 is 0 Å². The third kappa shape index (κ3) is 2.01. The van der Waals surface area contributed by atoms with Crippen molar-refractivity contribution >= 4 is 32.9 Å². The molecule has 19 heavy (non-hydrogen) atoms. The summed E-state index contributed by atoms with van der Waals surface area (Å²) in [5.41, 5.74) is 0.359. The number of hydrogen-bond donors (Lipinski definition) is 2. The fourth-order valence-electron chi connectivity index (χ4n) is 1.75. The first-order chi connectivity index (χ1) is 9.04. The fraction of sp³-hybridized carbons (Fsp3) is 0. The van der Waals surface area contributed by atoms with E-state index in [2.05, 4.69) is 25.9 Å². The second-order valence-electron chi connectivity index (χ2n) is 3.84. The predicted octanol–water partition coefficient (Wildman–Crippen LogP) is 3.42. The molecule has 3 aromatic rings. The summed E-state index contributed by atoms with van der Waals surface area (Å²) in [7, 11) is 0. The van der Waals surface area contributed by atoms with Crippen molar-refractivity contribution in [3.8, 4) is 11.6 Å². The number of aromatic amines is 1. The van der Waals surface area contributed by atoms with Gasteiger partial charge < -0.3 is 14.5 Å². The zero-order valence-electron chi connectivity index (χ0n) is 9.28. The number of fused-ring (bicyclic) bond motifs is 1. The zero-order valence-corrected chi connectivity index (χ0v) is 10.9. The molecule has 0 saturated carbocycles. The highest BCUT2D eigenvalue weighted by atomic mass is 79.9. The lowest BCUT2D eigenvalue weighted by Gasteiger charge is -1.95. The van der Waals surface area contributed by atoms with Crippen molar-refractivity contribution in [3.63, 3.8) is 0 Å². The highest BCUT2D eigenvalue weighted by molar-refractivity contribution is 9.10. The van der Waals surface area contributed by atoms with E-state index in [0.717, 1.165) is 6.07 Å². The third-order valence-electron chi connectivity index (χ3n) is 2.61. The molecule has 0 aliphatic rings. The molecule has 0 radical (unpaired) electrons. The fourth-order valence-corrected chi connectivity index (χ4v) is 2.06. The third-order valence-corrected chi connectivity index (χ3v) is 3.03. The Labute approximate surface area is 114 Å². The van der Waals surface area contributed by atoms with Crippen molar-refractivity contribution in [2.24, 2.45) is 0 Å². The van der Waals surface area contributed by atoms with Crippen molar-refractivity contribution in [1.82, 2.24) is 9.97 Å². The summed E-state index contributed by atoms with van der Waals surface area (Å²) in [5.74, 6) is -1.26. The van der Waals surface area contributed by atoms with Crippen LogP contribution in [0.2, 0.25) is 0 Å². The van der Waals surface area contributed by atoms with E-state index < -0.39 is 17.3 Å². The lowest BCUT2D eigenvalue weighted by Crippen LogP contribution is -1.99. The van der Waals surface area contributed by atoms with Crippen LogP contribution in [-0.2, 0) is 0 Å². The number of carbonyl (C=O) groups is 1. The van der Waals surface area contributed by atoms with Gasteiger partial charge in [-0.25, -0.2) is 14.2 Å². The first-order valence-electron chi connectivity index (χ1n) is 5.23. The predicted molar refractivity (Wildman–Crippen MR) is 68.4 cm³/mol. The summed E-state index contributed by atoms with van der Waals surface area (Å²) in [6.07, 6.45) is 0. The number of imidazole rings is 1. The van der Waals surface area contributed by atoms with Gasteiger partial charge in [-0.2, -0.15) is 0 Å². The average molecular weight is 325 g/mol. The monoisotopic (exact) mass is 324 g/mol. The molecule has 96 valence electrons. The molecule has 0 spiro atoms. The maximum absolute atomic E-state index is 13.5. The maximum Gasteiger partial charge on any atom is 0.338 e. The number of H-pyrrole nitrogens is 1. The van der Waals surface area contributed by atoms with Gasteiger partial charge in [-0.1, -0.05) is 0 Å². The molecule has 0 amide bonds. The van der Waals surface area contributed by atoms with E-state index in [0.29, 0.717) is 27.3 Å². The molecule has 1 aromatic carbocycles. The molecule has 0 atom stereocenters. The Bertz CT molecular complexity index is 793. The summed E-state index contributed by atoms with van der Waals surface area (Å²) in [4.78, 5) is 17.9. The number of nitrogens with one attached hydrogen (secondary N) is 1. The van der Waals surface area contributed by atoms with Gasteiger partial charge in [0.15, 0.2) is 16.3 Å². The SMILES string of the molecule is O=C(O)c1cc2nc(-c3ccc(Br)o3)[nH]c2cc1F. The lowest BCUT2D eigenvalue weighted by molar-refractivity contribution is 0.0692. The largest absolute Gasteiger partial charge is 0.478 e. The lowest BCUT2D eigenvalue weighted by atomic mass is 10.2. The van der Waals surface area contributed by atoms with E-state index in [4.69, 9.17) is 9.52 Å². The molecule has 0 saturated heterocycles. The molecule has 2 N–H and O–H groups in total. The van der Waals surface area contributed by atoms with Crippen LogP contribution in [0.25, 0.3) is 22.6 Å². The van der Waals surface area contributed by atoms with E-state index in [9.17, 15) is 9.18 Å². The molecule has 0 aliphatic heterocycles. The Morgan fingerprint density at radius 3 is 2.84 bits per heavy atom. The minimum absolute atomic E-state index is 0.362. The molecule has 0 bridgehead atoms. The van der Waals surface area contributed by atoms with Crippen LogP contribution in [0.3, 0.4) is 0 Å². The summed E-state index contributed by atoms with van der Waals surface area (Å²) >= 11 is 3.17. The number of benzene rings is 1. The average Bonchev–Trinajstić information content (AvgIpc) is 2.93. The summed E-state index contributed by atoms with van der Waals surface area (Å²) in [6, 6.07) is 5.68. The minimum Gasteiger partial charge on any atom is -0.478 e. The second kappa shape index (κ2) is 4.20. The first kappa shape index (κ1) is 11.9. The number of furan rings is 1. The Morgan fingerprint density at radius 1 is 1.42 bits per heavy atom. The van der Waals surface area contributed by atoms with E-state index in [1.54, 1.807) is 12.1 Å². The van der Waals surface area contributed by atoms with Crippen molar-refractivity contribution < 1.29 is 18.7 Å². The number of rotatable bonds is 2. The molecule has 7 heteroatoms. The number of nitrogens with zero attached hydrogens (tertiary/aromatic N) is 1. The minimum atomic E-state index is -1.33. The number of aromatic carboxylic acids is 1. The molecule has 5 nitrogen and oxygen atoms in total. The van der Waals surface area contributed by atoms with Gasteiger partial charge >= 0.3 is 5.97 Å². The van der Waals surface area contributed by atoms with E-state index >= 15 is 0 Å². The van der Waals surface area contributed by atoms with Gasteiger partial charge in [0, 0.05) is 6.07 Å². The molecule has 0 fully saturated rings. The summed E-state index contributed by atoms with van der Waals surface area (Å²) in [6.45, 7) is 0. The zero-order chi connectivity index (χ0) is 13.6. The summed E-state index contributed by atoms with van der Waals surface area (Å²) in [5, 5.41) is 8.85. The van der Waals surface area contributed by atoms with Gasteiger partial charge in [0.25, 0.3) is 0 Å². The van der Waals surface area contributed by atoms with E-state index in [1.807, 2.05) is 0 Å². The van der Waals surface area contributed by atoms with E-state index in [-0.39, 0.29) is 0 Å². The van der Waals surface area contributed by atoms with Gasteiger partial charge in [0.1, 0.15) is 5.82 Å². The molecule has 0 aliphatic carbocycles. The molecule has 3 rings (SSSR count). The van der Waals surface area contributed by atoms with Crippen LogP contribution >= 0.6 is 15.9 Å². The number of halogens is 2. The van der Waals surface area contributed by atoms with Crippen LogP contribution in [0, 0.1) is 5.82 Å². The van der Waals surface area contributed by atoms with Gasteiger partial charge in [-0.15, -0.1) is 0 Å². The Morgan fingerprint density at radius 2 is 2.21 bits per heavy atom. The summed E-state index contributed by atoms with van der Waals surface area (Å²) < 4.78 is 19.4. The smallest absolute Gasteiger partial charge is 0.338 e. The van der Waals surface area contributed by atoms with Gasteiger partial charge in [0.2, 0.25) is 0 Å². The quantitative estimate of drug-likeness (QED) is 0.757. The number of aromatic nitrogens is 2. The first-order valence-corrected chi connectivity index (χ1v) is 6.02. The van der Waals surface area contributed by atoms with Crippen molar-refractivity contribution in [3.05, 3.63) is 40.3 Å². The Balaban J connectivity index is 2.18. The van der Waals surface area contributed by atoms with Crippen molar-refractivity contribution in [2.75, 3.05) is 0 Å². The van der Waals surface area contributed by atoms with Gasteiger partial charge in [-0.05, 0) is 34.1 Å². The molecular formula is C12H6BrFN2O3. The highest BCUT2D eigenvalue weighted by Gasteiger charge is 2.15. The van der Waals surface area contributed by atoms with Crippen molar-refractivity contribution in [1.29, 1.82) is 0 Å². The topological polar surface area (TPSA) is 79.1 Å². The van der Waals surface area contributed by atoms with Crippen molar-refractivity contribution in [2.45, 2.75) is 0 Å². The Kier molecular flexibility index (Phi) is 2.63. The van der Waals surface area contributed by atoms with E-state index in [1.165, 1.54) is 6.07 Å². The standard InChI is InChI=1S/C12H6BrFN2O3/c13-10-2-1-9(19-10)11-15-7-3-5(12(17)18)6(14)4-8(7)16-11/h1-4H,(H,15,16)(H,17,18). The van der Waals surface area contributed by atoms with Crippen LogP contribution in [0.15, 0.2) is 33.4 Å². The van der Waals surface area contributed by atoms with Crippen LogP contribution in [0.4, 0.5) is 4.39 Å². The molecule has 2 aromatic heterocycles. The molecule has 0 unspecified atom stereocenters. The Hall–Kier alpha value is -2.15. The van der Waals surface area contributed by atoms with Crippen LogP contribution in [-0.4, -0.2) is 21.0 Å². The number of carboxylic acid groups (broad SMARTS) is 1. The number of hydrogen-bond acceptors (Lipinski definition) is 3.